The molecule has 0 amide bonds. The third kappa shape index (κ3) is 1.29. The molecule has 1 aliphatic rings. The maximum atomic E-state index is 13.2. The van der Waals surface area contributed by atoms with Gasteiger partial charge < -0.3 is 0 Å². The van der Waals surface area contributed by atoms with E-state index in [1.807, 2.05) is 0 Å². The van der Waals surface area contributed by atoms with Crippen LogP contribution in [0.2, 0.25) is 5.15 Å². The number of hydrogen-bond donors (Lipinski definition) is 0. The monoisotopic (exact) mass is 186 g/mol. The van der Waals surface area contributed by atoms with Crippen LogP contribution in [0.25, 0.3) is 0 Å². The molecule has 0 N–H and O–H groups in total. The second-order valence-electron chi connectivity index (χ2n) is 3.04. The van der Waals surface area contributed by atoms with Gasteiger partial charge in [0.2, 0.25) is 0 Å². The molecule has 1 heterocycles. The van der Waals surface area contributed by atoms with Gasteiger partial charge in [-0.3, -0.25) is 0 Å². The molecule has 1 saturated carbocycles. The summed E-state index contributed by atoms with van der Waals surface area (Å²) in [5.74, 6) is 0.386. The number of aryl methyl sites for hydroxylation is 1. The first-order valence-corrected chi connectivity index (χ1v) is 4.26. The molecule has 0 bridgehead atoms. The van der Waals surface area contributed by atoms with Crippen LogP contribution >= 0.6 is 11.6 Å². The van der Waals surface area contributed by atoms with Gasteiger partial charge in [-0.2, -0.15) is 0 Å². The van der Waals surface area contributed by atoms with Gasteiger partial charge in [0, 0.05) is 5.92 Å². The Hall–Kier alpha value is -0.700. The zero-order valence-electron chi connectivity index (χ0n) is 6.64. The molecule has 4 heteroatoms. The van der Waals surface area contributed by atoms with E-state index in [0.29, 0.717) is 11.5 Å². The lowest BCUT2D eigenvalue weighted by molar-refractivity contribution is 0.589. The molecule has 64 valence electrons. The van der Waals surface area contributed by atoms with Crippen LogP contribution in [-0.4, -0.2) is 9.97 Å². The van der Waals surface area contributed by atoms with Crippen molar-refractivity contribution in [3.63, 3.8) is 0 Å². The summed E-state index contributed by atoms with van der Waals surface area (Å²) in [7, 11) is 0. The predicted molar refractivity (Wildman–Crippen MR) is 43.7 cm³/mol. The summed E-state index contributed by atoms with van der Waals surface area (Å²) in [5.41, 5.74) is 0.493. The van der Waals surface area contributed by atoms with Crippen molar-refractivity contribution < 1.29 is 4.39 Å². The highest BCUT2D eigenvalue weighted by Crippen LogP contribution is 2.40. The average molecular weight is 187 g/mol. The van der Waals surface area contributed by atoms with Crippen LogP contribution in [0.3, 0.4) is 0 Å². The van der Waals surface area contributed by atoms with Crippen molar-refractivity contribution >= 4 is 11.6 Å². The van der Waals surface area contributed by atoms with Crippen molar-refractivity contribution in [3.8, 4) is 0 Å². The molecule has 0 radical (unpaired) electrons. The quantitative estimate of drug-likeness (QED) is 0.630. The molecule has 1 aliphatic carbocycles. The van der Waals surface area contributed by atoms with E-state index >= 15 is 0 Å². The molecule has 12 heavy (non-hydrogen) atoms. The third-order valence-corrected chi connectivity index (χ3v) is 2.16. The Labute approximate surface area is 74.8 Å². The van der Waals surface area contributed by atoms with E-state index in [2.05, 4.69) is 9.97 Å². The van der Waals surface area contributed by atoms with Crippen LogP contribution in [0.15, 0.2) is 0 Å². The average Bonchev–Trinajstić information content (AvgIpc) is 2.79. The molecule has 1 aromatic rings. The fraction of sp³-hybridized carbons (Fsp3) is 0.500. The molecule has 1 fully saturated rings. The Kier molecular flexibility index (Phi) is 1.76. The first-order valence-electron chi connectivity index (χ1n) is 3.88. The Morgan fingerprint density at radius 1 is 1.42 bits per heavy atom. The van der Waals surface area contributed by atoms with Gasteiger partial charge in [-0.1, -0.05) is 11.6 Å². The van der Waals surface area contributed by atoms with E-state index in [9.17, 15) is 4.39 Å². The number of aromatic nitrogens is 2. The highest BCUT2D eigenvalue weighted by molar-refractivity contribution is 6.29. The Bertz CT molecular complexity index is 323. The summed E-state index contributed by atoms with van der Waals surface area (Å²) in [6.45, 7) is 1.72. The molecule has 0 spiro atoms. The zero-order chi connectivity index (χ0) is 8.72. The minimum Gasteiger partial charge on any atom is -0.235 e. The smallest absolute Gasteiger partial charge is 0.182 e. The highest BCUT2D eigenvalue weighted by Gasteiger charge is 2.29. The van der Waals surface area contributed by atoms with Crippen LogP contribution in [0.5, 0.6) is 0 Å². The van der Waals surface area contributed by atoms with Crippen molar-refractivity contribution in [2.24, 2.45) is 0 Å². The maximum Gasteiger partial charge on any atom is 0.182 e. The van der Waals surface area contributed by atoms with Crippen molar-refractivity contribution in [1.29, 1.82) is 0 Å². The summed E-state index contributed by atoms with van der Waals surface area (Å²) in [6.07, 6.45) is 2.04. The maximum absolute atomic E-state index is 13.2. The first kappa shape index (κ1) is 7.92. The summed E-state index contributed by atoms with van der Waals surface area (Å²) >= 11 is 5.56. The van der Waals surface area contributed by atoms with Crippen LogP contribution < -0.4 is 0 Å². The van der Waals surface area contributed by atoms with Crippen LogP contribution in [-0.2, 0) is 0 Å². The lowest BCUT2D eigenvalue weighted by Gasteiger charge is -2.01. The van der Waals surface area contributed by atoms with E-state index in [1.54, 1.807) is 6.92 Å². The van der Waals surface area contributed by atoms with E-state index in [0.717, 1.165) is 12.8 Å². The standard InChI is InChI=1S/C8H8ClFN2/c1-4-11-7(5-2-3-5)6(10)8(9)12-4/h5H,2-3H2,1H3. The molecule has 0 unspecified atom stereocenters. The molecule has 0 atom stereocenters. The molecular weight excluding hydrogens is 179 g/mol. The molecule has 0 aromatic carbocycles. The highest BCUT2D eigenvalue weighted by atomic mass is 35.5. The third-order valence-electron chi connectivity index (χ3n) is 1.91. The number of rotatable bonds is 1. The van der Waals surface area contributed by atoms with Crippen molar-refractivity contribution in [2.45, 2.75) is 25.7 Å². The number of halogens is 2. The van der Waals surface area contributed by atoms with Gasteiger partial charge in [-0.05, 0) is 19.8 Å². The Balaban J connectivity index is 2.51. The van der Waals surface area contributed by atoms with Crippen LogP contribution in [0, 0.1) is 12.7 Å². The Morgan fingerprint density at radius 3 is 2.67 bits per heavy atom. The molecule has 2 rings (SSSR count). The fourth-order valence-electron chi connectivity index (χ4n) is 1.17. The van der Waals surface area contributed by atoms with E-state index in [-0.39, 0.29) is 11.1 Å². The second kappa shape index (κ2) is 2.66. The van der Waals surface area contributed by atoms with Gasteiger partial charge in [0.25, 0.3) is 0 Å². The van der Waals surface area contributed by atoms with Gasteiger partial charge in [0.1, 0.15) is 5.82 Å². The number of hydrogen-bond acceptors (Lipinski definition) is 2. The van der Waals surface area contributed by atoms with Crippen LogP contribution in [0.4, 0.5) is 4.39 Å². The summed E-state index contributed by atoms with van der Waals surface area (Å²) in [5, 5.41) is -0.0515. The summed E-state index contributed by atoms with van der Waals surface area (Å²) in [6, 6.07) is 0. The van der Waals surface area contributed by atoms with Gasteiger partial charge in [0.15, 0.2) is 11.0 Å². The SMILES string of the molecule is Cc1nc(Cl)c(F)c(C2CC2)n1. The summed E-state index contributed by atoms with van der Waals surface area (Å²) in [4.78, 5) is 7.75. The second-order valence-corrected chi connectivity index (χ2v) is 3.39. The van der Waals surface area contributed by atoms with Crippen LogP contribution in [0.1, 0.15) is 30.3 Å². The van der Waals surface area contributed by atoms with Gasteiger partial charge in [-0.15, -0.1) is 0 Å². The molecule has 1 aromatic heterocycles. The van der Waals surface area contributed by atoms with E-state index in [4.69, 9.17) is 11.6 Å². The van der Waals surface area contributed by atoms with Gasteiger partial charge in [-0.25, -0.2) is 14.4 Å². The molecule has 0 aliphatic heterocycles. The van der Waals surface area contributed by atoms with Crippen molar-refractivity contribution in [1.82, 2.24) is 9.97 Å². The lowest BCUT2D eigenvalue weighted by atomic mass is 10.3. The minimum absolute atomic E-state index is 0.0515. The predicted octanol–water partition coefficient (Wildman–Crippen LogP) is 2.45. The van der Waals surface area contributed by atoms with Gasteiger partial charge >= 0.3 is 0 Å². The largest absolute Gasteiger partial charge is 0.235 e. The molecular formula is C8H8ClFN2. The fourth-order valence-corrected chi connectivity index (χ4v) is 1.39. The molecule has 0 saturated heterocycles. The summed E-state index contributed by atoms with van der Waals surface area (Å²) < 4.78 is 13.2. The topological polar surface area (TPSA) is 25.8 Å². The zero-order valence-corrected chi connectivity index (χ0v) is 7.40. The minimum atomic E-state index is -0.440. The van der Waals surface area contributed by atoms with E-state index < -0.39 is 5.82 Å². The molecule has 2 nitrogen and oxygen atoms in total. The normalized spacial score (nSPS) is 16.6. The number of nitrogens with zero attached hydrogens (tertiary/aromatic N) is 2. The van der Waals surface area contributed by atoms with Gasteiger partial charge in [0.05, 0.1) is 5.69 Å². The van der Waals surface area contributed by atoms with Crippen molar-refractivity contribution in [3.05, 3.63) is 22.5 Å². The van der Waals surface area contributed by atoms with Crippen molar-refractivity contribution in [2.75, 3.05) is 0 Å². The Morgan fingerprint density at radius 2 is 2.08 bits per heavy atom. The lowest BCUT2D eigenvalue weighted by Crippen LogP contribution is -1.99. The first-order chi connectivity index (χ1) is 5.68. The van der Waals surface area contributed by atoms with E-state index in [1.165, 1.54) is 0 Å².